The Labute approximate surface area is 112 Å². The van der Waals surface area contributed by atoms with Crippen LogP contribution in [-0.4, -0.2) is 0 Å². The van der Waals surface area contributed by atoms with Gasteiger partial charge in [-0.1, -0.05) is 34.6 Å². The van der Waals surface area contributed by atoms with Gasteiger partial charge in [-0.25, -0.2) is 0 Å². The largest absolute Gasteiger partial charge is 3.00 e. The maximum absolute atomic E-state index is 3.77. The molecule has 0 spiro atoms. The molecular weight excluding hydrogens is 233 g/mol. The molecule has 13 heavy (non-hydrogen) atoms. The summed E-state index contributed by atoms with van der Waals surface area (Å²) in [7, 11) is 0. The summed E-state index contributed by atoms with van der Waals surface area (Å²) in [6, 6.07) is 0. The van der Waals surface area contributed by atoms with E-state index < -0.39 is 0 Å². The average Bonchev–Trinajstić information content (AvgIpc) is 1.90. The van der Waals surface area contributed by atoms with Crippen molar-refractivity contribution >= 4 is 0 Å². The van der Waals surface area contributed by atoms with E-state index in [1.54, 1.807) is 0 Å². The molecule has 0 saturated heterocycles. The van der Waals surface area contributed by atoms with Gasteiger partial charge in [0.1, 0.15) is 0 Å². The Kier molecular flexibility index (Phi) is 34.3. The molecule has 0 radical (unpaired) electrons. The molecule has 78 valence electrons. The van der Waals surface area contributed by atoms with E-state index in [4.69, 9.17) is 0 Å². The normalized spacial score (nSPS) is 8.31. The first-order valence-electron chi connectivity index (χ1n) is 4.85. The molecule has 0 aromatic heterocycles. The van der Waals surface area contributed by atoms with Crippen LogP contribution in [0.5, 0.6) is 0 Å². The van der Waals surface area contributed by atoms with Gasteiger partial charge in [0.15, 0.2) is 0 Å². The van der Waals surface area contributed by atoms with Crippen LogP contribution in [0.15, 0.2) is 0 Å². The molecule has 0 N–H and O–H groups in total. The van der Waals surface area contributed by atoms with Gasteiger partial charge >= 0.3 is 32.7 Å². The first-order valence-corrected chi connectivity index (χ1v) is 4.85. The molecule has 0 rings (SSSR count). The molecule has 0 bridgehead atoms. The molecule has 0 nitrogen and oxygen atoms in total. The Morgan fingerprint density at radius 2 is 1.08 bits per heavy atom. The molecule has 0 aliphatic carbocycles. The van der Waals surface area contributed by atoms with Crippen LogP contribution in [0.3, 0.4) is 0 Å². The van der Waals surface area contributed by atoms with E-state index in [-0.39, 0.29) is 38.1 Å². The zero-order valence-electron chi connectivity index (χ0n) is 10.3. The van der Waals surface area contributed by atoms with E-state index in [9.17, 15) is 0 Å². The zero-order chi connectivity index (χ0) is 10.6. The number of hydrogen-bond donors (Lipinski definition) is 0. The van der Waals surface area contributed by atoms with E-state index in [0.29, 0.717) is 0 Å². The van der Waals surface area contributed by atoms with Gasteiger partial charge in [0.25, 0.3) is 0 Å². The Bertz CT molecular complexity index is 44.6. The van der Waals surface area contributed by atoms with E-state index >= 15 is 0 Å². The van der Waals surface area contributed by atoms with Gasteiger partial charge in [0.2, 0.25) is 0 Å². The van der Waals surface area contributed by atoms with Gasteiger partial charge in [-0.2, -0.15) is 18.3 Å². The third kappa shape index (κ3) is 168. The van der Waals surface area contributed by atoms with Crippen LogP contribution in [-0.2, 0) is 32.7 Å². The van der Waals surface area contributed by atoms with Crippen molar-refractivity contribution in [2.75, 3.05) is 0 Å². The van der Waals surface area contributed by atoms with Crippen LogP contribution < -0.4 is 0 Å². The van der Waals surface area contributed by atoms with Crippen molar-refractivity contribution in [2.45, 2.75) is 53.9 Å². The number of rotatable bonds is 2. The molecule has 0 unspecified atom stereocenters. The summed E-state index contributed by atoms with van der Waals surface area (Å²) in [6.45, 7) is 21.3. The predicted octanol–water partition coefficient (Wildman–Crippen LogP) is 4.72. The minimum atomic E-state index is 0. The molecule has 0 saturated carbocycles. The molecule has 0 aliphatic rings. The van der Waals surface area contributed by atoms with Gasteiger partial charge in [-0.15, -0.1) is 6.42 Å². The second-order valence-corrected chi connectivity index (χ2v) is 3.62. The Balaban J connectivity index is -0.0000000491. The molecule has 0 heterocycles. The van der Waals surface area contributed by atoms with Crippen LogP contribution in [0.4, 0.5) is 0 Å². The second kappa shape index (κ2) is 18.8. The fraction of sp³-hybridized carbons (Fsp3) is 0.750. The van der Waals surface area contributed by atoms with Crippen LogP contribution in [0.1, 0.15) is 53.9 Å². The first kappa shape index (κ1) is 23.7. The van der Waals surface area contributed by atoms with Crippen molar-refractivity contribution in [3.05, 3.63) is 20.8 Å². The first-order chi connectivity index (χ1) is 5.41. The maximum atomic E-state index is 3.77. The van der Waals surface area contributed by atoms with Crippen LogP contribution in [0.2, 0.25) is 0 Å². The van der Waals surface area contributed by atoms with Crippen molar-refractivity contribution in [3.63, 3.8) is 0 Å². The van der Waals surface area contributed by atoms with E-state index in [0.717, 1.165) is 12.8 Å². The summed E-state index contributed by atoms with van der Waals surface area (Å²) in [5.41, 5.74) is 0.250. The fourth-order valence-corrected chi connectivity index (χ4v) is 0.177. The molecule has 0 fully saturated rings. The summed E-state index contributed by atoms with van der Waals surface area (Å²) in [5, 5.41) is 0. The standard InChI is InChI=1S/C5H11.C5H10.C2H6.Y/c1-5(2,3)4;1-3-5-4-2;1-2;/h1H2,2-4H3;1-5H2;1-2H3;/q-1;-2;;+3. The number of unbranched alkanes of at least 4 members (excludes halogenated alkanes) is 2. The fourth-order valence-electron chi connectivity index (χ4n) is 0.177. The molecular formula is C12H27Y. The Hall–Kier alpha value is 1.10. The van der Waals surface area contributed by atoms with Crippen molar-refractivity contribution in [1.29, 1.82) is 0 Å². The number of hydrogen-bond acceptors (Lipinski definition) is 0. The second-order valence-electron chi connectivity index (χ2n) is 3.62. The van der Waals surface area contributed by atoms with Crippen LogP contribution in [0.25, 0.3) is 0 Å². The van der Waals surface area contributed by atoms with Crippen molar-refractivity contribution in [1.82, 2.24) is 0 Å². The minimum Gasteiger partial charge on any atom is -0.343 e. The van der Waals surface area contributed by atoms with Gasteiger partial charge < -0.3 is 20.8 Å². The molecule has 0 aliphatic heterocycles. The van der Waals surface area contributed by atoms with Gasteiger partial charge in [-0.3, -0.25) is 0 Å². The Morgan fingerprint density at radius 1 is 0.923 bits per heavy atom. The maximum Gasteiger partial charge on any atom is 3.00 e. The molecule has 0 amide bonds. The topological polar surface area (TPSA) is 0 Å². The van der Waals surface area contributed by atoms with Crippen molar-refractivity contribution in [3.8, 4) is 0 Å². The minimum absolute atomic E-state index is 0. The zero-order valence-corrected chi connectivity index (χ0v) is 13.2. The monoisotopic (exact) mass is 260 g/mol. The SMILES string of the molecule is CC.[CH2-]C(C)(C)C.[CH2-]CCC[CH2-].[Y+3]. The van der Waals surface area contributed by atoms with E-state index in [1.807, 2.05) is 13.8 Å². The summed E-state index contributed by atoms with van der Waals surface area (Å²) < 4.78 is 0. The third-order valence-corrected chi connectivity index (χ3v) is 0.500. The van der Waals surface area contributed by atoms with Crippen LogP contribution >= 0.6 is 0 Å². The van der Waals surface area contributed by atoms with Crippen molar-refractivity contribution in [2.24, 2.45) is 5.41 Å². The molecule has 0 aromatic carbocycles. The predicted molar refractivity (Wildman–Crippen MR) is 60.7 cm³/mol. The molecule has 1 heteroatoms. The van der Waals surface area contributed by atoms with Crippen molar-refractivity contribution < 1.29 is 32.7 Å². The average molecular weight is 260 g/mol. The summed E-state index contributed by atoms with van der Waals surface area (Å²) in [4.78, 5) is 0. The van der Waals surface area contributed by atoms with Gasteiger partial charge in [0, 0.05) is 0 Å². The molecule has 0 aromatic rings. The third-order valence-electron chi connectivity index (χ3n) is 0.500. The Morgan fingerprint density at radius 3 is 1.08 bits per heavy atom. The van der Waals surface area contributed by atoms with Gasteiger partial charge in [0.05, 0.1) is 0 Å². The van der Waals surface area contributed by atoms with Gasteiger partial charge in [-0.05, 0) is 0 Å². The quantitative estimate of drug-likeness (QED) is 0.630. The van der Waals surface area contributed by atoms with E-state index in [2.05, 4.69) is 41.5 Å². The van der Waals surface area contributed by atoms with Crippen LogP contribution in [0, 0.1) is 26.2 Å². The summed E-state index contributed by atoms with van der Waals surface area (Å²) in [5.74, 6) is 0. The smallest absolute Gasteiger partial charge is 0.343 e. The summed E-state index contributed by atoms with van der Waals surface area (Å²) >= 11 is 0. The van der Waals surface area contributed by atoms with E-state index in [1.165, 1.54) is 6.42 Å². The molecule has 0 atom stereocenters. The summed E-state index contributed by atoms with van der Waals surface area (Å²) in [6.07, 6.45) is 3.23.